The molecule has 0 saturated carbocycles. The molecule has 0 amide bonds. The van der Waals surface area contributed by atoms with E-state index < -0.39 is 0 Å². The van der Waals surface area contributed by atoms with Crippen LogP contribution in [0.1, 0.15) is 12.5 Å². The van der Waals surface area contributed by atoms with Crippen LogP contribution in [0.2, 0.25) is 0 Å². The van der Waals surface area contributed by atoms with E-state index in [9.17, 15) is 0 Å². The summed E-state index contributed by atoms with van der Waals surface area (Å²) < 4.78 is 5.26. The molecule has 2 rings (SSSR count). The average Bonchev–Trinajstić information content (AvgIpc) is 2.46. The molecule has 0 aliphatic carbocycles. The Kier molecular flexibility index (Phi) is 5.31. The molecule has 0 radical (unpaired) electrons. The molecule has 2 aromatic carbocycles. The van der Waals surface area contributed by atoms with Crippen LogP contribution in [0.25, 0.3) is 0 Å². The summed E-state index contributed by atoms with van der Waals surface area (Å²) in [6.07, 6.45) is 0. The van der Waals surface area contributed by atoms with E-state index in [2.05, 4.69) is 48.6 Å². The highest BCUT2D eigenvalue weighted by Crippen LogP contribution is 2.32. The Morgan fingerprint density at radius 1 is 1.11 bits per heavy atom. The van der Waals surface area contributed by atoms with Crippen LogP contribution in [-0.4, -0.2) is 13.7 Å². The van der Waals surface area contributed by atoms with Crippen molar-refractivity contribution in [3.63, 3.8) is 0 Å². The van der Waals surface area contributed by atoms with E-state index in [1.807, 2.05) is 12.1 Å². The topological polar surface area (TPSA) is 21.3 Å². The van der Waals surface area contributed by atoms with Crippen molar-refractivity contribution in [3.05, 3.63) is 54.1 Å². The Bertz CT molecular complexity index is 528. The van der Waals surface area contributed by atoms with E-state index in [4.69, 9.17) is 4.74 Å². The fourth-order valence-corrected chi connectivity index (χ4v) is 2.79. The van der Waals surface area contributed by atoms with E-state index in [-0.39, 0.29) is 0 Å². The van der Waals surface area contributed by atoms with Crippen LogP contribution in [0.15, 0.2) is 58.3 Å². The summed E-state index contributed by atoms with van der Waals surface area (Å²) in [6.45, 7) is 4.01. The zero-order valence-electron chi connectivity index (χ0n) is 11.3. The van der Waals surface area contributed by atoms with Crippen molar-refractivity contribution in [1.82, 2.24) is 5.32 Å². The second kappa shape index (κ2) is 7.22. The average molecular weight is 273 g/mol. The third-order valence-corrected chi connectivity index (χ3v) is 3.91. The molecule has 0 atom stereocenters. The molecule has 2 aromatic rings. The van der Waals surface area contributed by atoms with Crippen molar-refractivity contribution in [2.75, 3.05) is 13.7 Å². The smallest absolute Gasteiger partial charge is 0.119 e. The summed E-state index contributed by atoms with van der Waals surface area (Å²) in [6, 6.07) is 16.7. The summed E-state index contributed by atoms with van der Waals surface area (Å²) in [5, 5.41) is 3.38. The van der Waals surface area contributed by atoms with Crippen molar-refractivity contribution >= 4 is 11.8 Å². The Morgan fingerprint density at radius 3 is 2.74 bits per heavy atom. The Morgan fingerprint density at radius 2 is 1.95 bits per heavy atom. The van der Waals surface area contributed by atoms with Crippen molar-refractivity contribution in [1.29, 1.82) is 0 Å². The Labute approximate surface area is 119 Å². The van der Waals surface area contributed by atoms with Crippen molar-refractivity contribution < 1.29 is 4.74 Å². The van der Waals surface area contributed by atoms with Crippen LogP contribution in [-0.2, 0) is 6.54 Å². The first-order valence-corrected chi connectivity index (χ1v) is 7.25. The van der Waals surface area contributed by atoms with Gasteiger partial charge in [0, 0.05) is 16.3 Å². The predicted octanol–water partition coefficient (Wildman–Crippen LogP) is 3.96. The summed E-state index contributed by atoms with van der Waals surface area (Å²) >= 11 is 1.77. The highest BCUT2D eigenvalue weighted by atomic mass is 32.2. The lowest BCUT2D eigenvalue weighted by molar-refractivity contribution is 0.413. The fourth-order valence-electron chi connectivity index (χ4n) is 1.80. The highest BCUT2D eigenvalue weighted by molar-refractivity contribution is 7.99. The van der Waals surface area contributed by atoms with Gasteiger partial charge in [-0.05, 0) is 36.4 Å². The largest absolute Gasteiger partial charge is 0.497 e. The highest BCUT2D eigenvalue weighted by Gasteiger charge is 2.04. The second-order valence-corrected chi connectivity index (χ2v) is 5.28. The van der Waals surface area contributed by atoms with Crippen LogP contribution in [0.5, 0.6) is 5.75 Å². The molecule has 100 valence electrons. The first-order chi connectivity index (χ1) is 9.33. The minimum Gasteiger partial charge on any atom is -0.497 e. The van der Waals surface area contributed by atoms with Gasteiger partial charge in [0.2, 0.25) is 0 Å². The van der Waals surface area contributed by atoms with E-state index >= 15 is 0 Å². The van der Waals surface area contributed by atoms with E-state index in [0.717, 1.165) is 18.8 Å². The lowest BCUT2D eigenvalue weighted by Crippen LogP contribution is -2.12. The number of rotatable bonds is 6. The van der Waals surface area contributed by atoms with Crippen molar-refractivity contribution in [2.24, 2.45) is 0 Å². The van der Waals surface area contributed by atoms with Crippen LogP contribution in [0.3, 0.4) is 0 Å². The maximum atomic E-state index is 5.26. The molecule has 0 aliphatic heterocycles. The second-order valence-electron chi connectivity index (χ2n) is 4.17. The number of nitrogens with one attached hydrogen (secondary N) is 1. The molecular weight excluding hydrogens is 254 g/mol. The van der Waals surface area contributed by atoms with Crippen molar-refractivity contribution in [3.8, 4) is 5.75 Å². The lowest BCUT2D eigenvalue weighted by atomic mass is 10.2. The molecule has 0 heterocycles. The van der Waals surface area contributed by atoms with Gasteiger partial charge in [0.25, 0.3) is 0 Å². The molecule has 1 N–H and O–H groups in total. The molecule has 3 heteroatoms. The normalized spacial score (nSPS) is 10.4. The quantitative estimate of drug-likeness (QED) is 0.861. The summed E-state index contributed by atoms with van der Waals surface area (Å²) in [5.41, 5.74) is 1.33. The molecule has 0 aromatic heterocycles. The third-order valence-electron chi connectivity index (χ3n) is 2.81. The first-order valence-electron chi connectivity index (χ1n) is 6.44. The summed E-state index contributed by atoms with van der Waals surface area (Å²) in [4.78, 5) is 2.49. The van der Waals surface area contributed by atoms with Gasteiger partial charge >= 0.3 is 0 Å². The predicted molar refractivity (Wildman–Crippen MR) is 80.9 cm³/mol. The number of hydrogen-bond acceptors (Lipinski definition) is 3. The number of hydrogen-bond donors (Lipinski definition) is 1. The SMILES string of the molecule is CCNCc1ccccc1Sc1cccc(OC)c1. The van der Waals surface area contributed by atoms with Crippen LogP contribution >= 0.6 is 11.8 Å². The maximum absolute atomic E-state index is 5.26. The minimum atomic E-state index is 0.897. The Balaban J connectivity index is 2.17. The van der Waals surface area contributed by atoms with E-state index in [1.54, 1.807) is 18.9 Å². The third kappa shape index (κ3) is 4.01. The maximum Gasteiger partial charge on any atom is 0.119 e. The van der Waals surface area contributed by atoms with E-state index in [0.29, 0.717) is 0 Å². The number of benzene rings is 2. The van der Waals surface area contributed by atoms with Gasteiger partial charge in [0.05, 0.1) is 7.11 Å². The standard InChI is InChI=1S/C16H19NOS/c1-3-17-12-13-7-4-5-10-16(13)19-15-9-6-8-14(11-15)18-2/h4-11,17H,3,12H2,1-2H3. The zero-order valence-corrected chi connectivity index (χ0v) is 12.2. The molecule has 0 fully saturated rings. The Hall–Kier alpha value is -1.45. The molecule has 19 heavy (non-hydrogen) atoms. The molecule has 0 unspecified atom stereocenters. The molecule has 2 nitrogen and oxygen atoms in total. The van der Waals surface area contributed by atoms with Gasteiger partial charge in [-0.2, -0.15) is 0 Å². The first kappa shape index (κ1) is 14.0. The molecular formula is C16H19NOS. The summed E-state index contributed by atoms with van der Waals surface area (Å²) in [5.74, 6) is 0.897. The van der Waals surface area contributed by atoms with Crippen LogP contribution < -0.4 is 10.1 Å². The number of methoxy groups -OCH3 is 1. The molecule has 0 spiro atoms. The van der Waals surface area contributed by atoms with Gasteiger partial charge in [-0.25, -0.2) is 0 Å². The van der Waals surface area contributed by atoms with Gasteiger partial charge in [0.15, 0.2) is 0 Å². The van der Waals surface area contributed by atoms with Crippen LogP contribution in [0, 0.1) is 0 Å². The van der Waals surface area contributed by atoms with Crippen LogP contribution in [0.4, 0.5) is 0 Å². The molecule has 0 saturated heterocycles. The number of ether oxygens (including phenoxy) is 1. The van der Waals surface area contributed by atoms with Crippen molar-refractivity contribution in [2.45, 2.75) is 23.3 Å². The van der Waals surface area contributed by atoms with E-state index in [1.165, 1.54) is 15.4 Å². The zero-order chi connectivity index (χ0) is 13.5. The van der Waals surface area contributed by atoms with Gasteiger partial charge in [0.1, 0.15) is 5.75 Å². The lowest BCUT2D eigenvalue weighted by Gasteiger charge is -2.10. The van der Waals surface area contributed by atoms with Gasteiger partial charge in [-0.15, -0.1) is 0 Å². The van der Waals surface area contributed by atoms with Gasteiger partial charge in [-0.3, -0.25) is 0 Å². The fraction of sp³-hybridized carbons (Fsp3) is 0.250. The summed E-state index contributed by atoms with van der Waals surface area (Å²) in [7, 11) is 1.70. The monoisotopic (exact) mass is 273 g/mol. The molecule has 0 aliphatic rings. The minimum absolute atomic E-state index is 0.897. The van der Waals surface area contributed by atoms with Gasteiger partial charge < -0.3 is 10.1 Å². The van der Waals surface area contributed by atoms with Gasteiger partial charge in [-0.1, -0.05) is 43.0 Å². The molecule has 0 bridgehead atoms.